The minimum absolute atomic E-state index is 0.0378. The lowest BCUT2D eigenvalue weighted by Crippen LogP contribution is -2.08. The SMILES string of the molecule is CNCc1cccc(-c2noc(-c3ccc(-c4ccccc4C)c(C(F)(F)F)c3)n2)c1. The first-order chi connectivity index (χ1) is 14.9. The highest BCUT2D eigenvalue weighted by Gasteiger charge is 2.34. The Balaban J connectivity index is 1.75. The van der Waals surface area contributed by atoms with Crippen LogP contribution in [0.3, 0.4) is 0 Å². The average Bonchev–Trinajstić information content (AvgIpc) is 3.24. The molecule has 0 saturated carbocycles. The maximum atomic E-state index is 13.9. The van der Waals surface area contributed by atoms with Crippen molar-refractivity contribution in [2.75, 3.05) is 7.05 Å². The van der Waals surface area contributed by atoms with Gasteiger partial charge in [0.1, 0.15) is 0 Å². The molecular formula is C24H20F3N3O. The van der Waals surface area contributed by atoms with E-state index in [9.17, 15) is 13.2 Å². The topological polar surface area (TPSA) is 51.0 Å². The number of alkyl halides is 3. The lowest BCUT2D eigenvalue weighted by molar-refractivity contribution is -0.137. The summed E-state index contributed by atoms with van der Waals surface area (Å²) < 4.78 is 46.9. The van der Waals surface area contributed by atoms with Gasteiger partial charge in [0.15, 0.2) is 0 Å². The predicted molar refractivity (Wildman–Crippen MR) is 113 cm³/mol. The van der Waals surface area contributed by atoms with E-state index in [1.54, 1.807) is 37.3 Å². The summed E-state index contributed by atoms with van der Waals surface area (Å²) >= 11 is 0. The van der Waals surface area contributed by atoms with Gasteiger partial charge < -0.3 is 9.84 Å². The number of rotatable bonds is 5. The summed E-state index contributed by atoms with van der Waals surface area (Å²) in [4.78, 5) is 4.33. The molecule has 0 aliphatic carbocycles. The Bertz CT molecular complexity index is 1210. The molecule has 7 heteroatoms. The molecule has 4 aromatic rings. The van der Waals surface area contributed by atoms with Gasteiger partial charge >= 0.3 is 6.18 Å². The van der Waals surface area contributed by atoms with E-state index < -0.39 is 11.7 Å². The fourth-order valence-electron chi connectivity index (χ4n) is 3.50. The third-order valence-corrected chi connectivity index (χ3v) is 5.00. The van der Waals surface area contributed by atoms with Crippen molar-refractivity contribution in [2.24, 2.45) is 0 Å². The van der Waals surface area contributed by atoms with Gasteiger partial charge in [-0.05, 0) is 54.4 Å². The van der Waals surface area contributed by atoms with Crippen LogP contribution in [0.25, 0.3) is 34.0 Å². The minimum atomic E-state index is -4.53. The Morgan fingerprint density at radius 3 is 2.45 bits per heavy atom. The molecule has 158 valence electrons. The third-order valence-electron chi connectivity index (χ3n) is 5.00. The maximum absolute atomic E-state index is 13.9. The Morgan fingerprint density at radius 1 is 0.903 bits per heavy atom. The van der Waals surface area contributed by atoms with Crippen LogP contribution >= 0.6 is 0 Å². The predicted octanol–water partition coefficient (Wildman–Crippen LogP) is 6.12. The molecule has 0 aliphatic rings. The van der Waals surface area contributed by atoms with Crippen LogP contribution < -0.4 is 5.32 Å². The molecule has 1 aromatic heterocycles. The molecule has 0 unspecified atom stereocenters. The smallest absolute Gasteiger partial charge is 0.334 e. The van der Waals surface area contributed by atoms with E-state index in [0.29, 0.717) is 17.9 Å². The molecule has 0 aliphatic heterocycles. The van der Waals surface area contributed by atoms with Crippen molar-refractivity contribution < 1.29 is 17.7 Å². The van der Waals surface area contributed by atoms with Gasteiger partial charge in [0.2, 0.25) is 5.82 Å². The molecule has 0 spiro atoms. The zero-order chi connectivity index (χ0) is 22.0. The molecule has 0 fully saturated rings. The fourth-order valence-corrected chi connectivity index (χ4v) is 3.50. The summed E-state index contributed by atoms with van der Waals surface area (Å²) in [6.07, 6.45) is -4.53. The van der Waals surface area contributed by atoms with Gasteiger partial charge in [0, 0.05) is 17.7 Å². The van der Waals surface area contributed by atoms with E-state index in [1.165, 1.54) is 6.07 Å². The second-order valence-electron chi connectivity index (χ2n) is 7.23. The quantitative estimate of drug-likeness (QED) is 0.420. The first-order valence-corrected chi connectivity index (χ1v) is 9.72. The zero-order valence-electron chi connectivity index (χ0n) is 17.0. The summed E-state index contributed by atoms with van der Waals surface area (Å²) in [6, 6.07) is 18.7. The molecular weight excluding hydrogens is 403 g/mol. The second-order valence-corrected chi connectivity index (χ2v) is 7.23. The van der Waals surface area contributed by atoms with Gasteiger partial charge in [-0.25, -0.2) is 0 Å². The fraction of sp³-hybridized carbons (Fsp3) is 0.167. The first-order valence-electron chi connectivity index (χ1n) is 9.72. The first kappa shape index (κ1) is 20.8. The van der Waals surface area contributed by atoms with Crippen molar-refractivity contribution in [3.63, 3.8) is 0 Å². The summed E-state index contributed by atoms with van der Waals surface area (Å²) in [5, 5.41) is 7.03. The molecule has 0 radical (unpaired) electrons. The van der Waals surface area contributed by atoms with Crippen LogP contribution in [0, 0.1) is 6.92 Å². The van der Waals surface area contributed by atoms with E-state index >= 15 is 0 Å². The van der Waals surface area contributed by atoms with Gasteiger partial charge in [-0.3, -0.25) is 0 Å². The molecule has 0 atom stereocenters. The number of aryl methyl sites for hydroxylation is 1. The highest BCUT2D eigenvalue weighted by atomic mass is 19.4. The van der Waals surface area contributed by atoms with Crippen LogP contribution in [0.4, 0.5) is 13.2 Å². The van der Waals surface area contributed by atoms with Crippen molar-refractivity contribution in [2.45, 2.75) is 19.6 Å². The van der Waals surface area contributed by atoms with Crippen LogP contribution in [-0.2, 0) is 12.7 Å². The van der Waals surface area contributed by atoms with E-state index in [-0.39, 0.29) is 17.0 Å². The molecule has 0 saturated heterocycles. The second kappa shape index (κ2) is 8.35. The molecule has 1 N–H and O–H groups in total. The Labute approximate surface area is 177 Å². The van der Waals surface area contributed by atoms with Crippen LogP contribution in [0.2, 0.25) is 0 Å². The van der Waals surface area contributed by atoms with Gasteiger partial charge in [-0.1, -0.05) is 53.7 Å². The normalized spacial score (nSPS) is 11.6. The van der Waals surface area contributed by atoms with Gasteiger partial charge in [-0.2, -0.15) is 18.2 Å². The van der Waals surface area contributed by atoms with Gasteiger partial charge in [-0.15, -0.1) is 0 Å². The Kier molecular flexibility index (Phi) is 5.61. The van der Waals surface area contributed by atoms with E-state index in [1.807, 2.05) is 31.3 Å². The lowest BCUT2D eigenvalue weighted by Gasteiger charge is -2.15. The largest absolute Gasteiger partial charge is 0.417 e. The molecule has 0 bridgehead atoms. The standard InChI is InChI=1S/C24H20F3N3O/c1-15-6-3-4-9-19(15)20-11-10-18(13-21(20)24(25,26)27)23-29-22(30-31-23)17-8-5-7-16(12-17)14-28-2/h3-13,28H,14H2,1-2H3. The van der Waals surface area contributed by atoms with Crippen molar-refractivity contribution in [1.29, 1.82) is 0 Å². The number of nitrogens with one attached hydrogen (secondary N) is 1. The molecule has 1 heterocycles. The molecule has 4 nitrogen and oxygen atoms in total. The highest BCUT2D eigenvalue weighted by Crippen LogP contribution is 2.40. The number of hydrogen-bond acceptors (Lipinski definition) is 4. The summed E-state index contributed by atoms with van der Waals surface area (Å²) in [6.45, 7) is 2.46. The van der Waals surface area contributed by atoms with Crippen LogP contribution in [0.5, 0.6) is 0 Å². The monoisotopic (exact) mass is 423 g/mol. The van der Waals surface area contributed by atoms with Crippen molar-refractivity contribution >= 4 is 0 Å². The molecule has 4 rings (SSSR count). The third kappa shape index (κ3) is 4.36. The molecule has 3 aromatic carbocycles. The van der Waals surface area contributed by atoms with Crippen LogP contribution in [-0.4, -0.2) is 17.2 Å². The van der Waals surface area contributed by atoms with Crippen molar-refractivity contribution in [3.8, 4) is 34.0 Å². The summed E-state index contributed by atoms with van der Waals surface area (Å²) in [7, 11) is 1.85. The summed E-state index contributed by atoms with van der Waals surface area (Å²) in [5.41, 5.74) is 2.67. The van der Waals surface area contributed by atoms with Crippen molar-refractivity contribution in [1.82, 2.24) is 15.5 Å². The number of halogens is 3. The minimum Gasteiger partial charge on any atom is -0.334 e. The number of aromatic nitrogens is 2. The molecule has 31 heavy (non-hydrogen) atoms. The van der Waals surface area contributed by atoms with Crippen molar-refractivity contribution in [3.05, 3.63) is 83.4 Å². The van der Waals surface area contributed by atoms with E-state index in [4.69, 9.17) is 4.52 Å². The average molecular weight is 423 g/mol. The number of benzene rings is 3. The Hall–Kier alpha value is -3.45. The van der Waals surface area contributed by atoms with E-state index in [2.05, 4.69) is 15.5 Å². The van der Waals surface area contributed by atoms with Crippen LogP contribution in [0.1, 0.15) is 16.7 Å². The maximum Gasteiger partial charge on any atom is 0.417 e. The molecule has 0 amide bonds. The van der Waals surface area contributed by atoms with Crippen LogP contribution in [0.15, 0.2) is 71.3 Å². The number of nitrogens with zero attached hydrogens (tertiary/aromatic N) is 2. The highest BCUT2D eigenvalue weighted by molar-refractivity contribution is 5.74. The van der Waals surface area contributed by atoms with E-state index in [0.717, 1.165) is 22.8 Å². The summed E-state index contributed by atoms with van der Waals surface area (Å²) in [5.74, 6) is 0.361. The van der Waals surface area contributed by atoms with Gasteiger partial charge in [0.05, 0.1) is 5.56 Å². The lowest BCUT2D eigenvalue weighted by atomic mass is 9.94. The van der Waals surface area contributed by atoms with Gasteiger partial charge in [0.25, 0.3) is 5.89 Å². The number of hydrogen-bond donors (Lipinski definition) is 1. The Morgan fingerprint density at radius 2 is 1.71 bits per heavy atom. The zero-order valence-corrected chi connectivity index (χ0v) is 17.0.